The van der Waals surface area contributed by atoms with Crippen molar-refractivity contribution in [2.24, 2.45) is 5.92 Å². The highest BCUT2D eigenvalue weighted by atomic mass is 15.2. The van der Waals surface area contributed by atoms with Gasteiger partial charge in [-0.3, -0.25) is 0 Å². The molecule has 1 saturated heterocycles. The van der Waals surface area contributed by atoms with E-state index < -0.39 is 0 Å². The SMILES string of the molecule is CCCC1CC(C)CN1CC. The zero-order chi connectivity index (χ0) is 8.27. The van der Waals surface area contributed by atoms with Crippen molar-refractivity contribution in [3.05, 3.63) is 0 Å². The summed E-state index contributed by atoms with van der Waals surface area (Å²) < 4.78 is 0. The maximum atomic E-state index is 2.63. The fourth-order valence-electron chi connectivity index (χ4n) is 2.26. The van der Waals surface area contributed by atoms with Gasteiger partial charge < -0.3 is 4.90 Å². The second-order valence-electron chi connectivity index (χ2n) is 3.87. The Hall–Kier alpha value is -0.0400. The van der Waals surface area contributed by atoms with Gasteiger partial charge in [-0.2, -0.15) is 0 Å². The van der Waals surface area contributed by atoms with Gasteiger partial charge >= 0.3 is 0 Å². The first kappa shape index (κ1) is 9.05. The fourth-order valence-corrected chi connectivity index (χ4v) is 2.26. The molecule has 1 heteroatoms. The van der Waals surface area contributed by atoms with Crippen LogP contribution in [0.3, 0.4) is 0 Å². The first-order valence-electron chi connectivity index (χ1n) is 5.02. The normalized spacial score (nSPS) is 33.0. The average molecular weight is 155 g/mol. The van der Waals surface area contributed by atoms with Crippen LogP contribution in [-0.4, -0.2) is 24.0 Å². The summed E-state index contributed by atoms with van der Waals surface area (Å²) in [5.41, 5.74) is 0. The number of hydrogen-bond acceptors (Lipinski definition) is 1. The predicted octanol–water partition coefficient (Wildman–Crippen LogP) is 2.52. The Balaban J connectivity index is 2.37. The highest BCUT2D eigenvalue weighted by Gasteiger charge is 2.26. The molecule has 1 nitrogen and oxygen atoms in total. The van der Waals surface area contributed by atoms with Crippen LogP contribution in [0.15, 0.2) is 0 Å². The number of rotatable bonds is 3. The maximum absolute atomic E-state index is 2.63. The average Bonchev–Trinajstić information content (AvgIpc) is 2.32. The van der Waals surface area contributed by atoms with Gasteiger partial charge in [0.2, 0.25) is 0 Å². The molecule has 0 aromatic carbocycles. The Morgan fingerprint density at radius 3 is 2.64 bits per heavy atom. The van der Waals surface area contributed by atoms with E-state index in [0.717, 1.165) is 12.0 Å². The van der Waals surface area contributed by atoms with Crippen molar-refractivity contribution < 1.29 is 0 Å². The Morgan fingerprint density at radius 2 is 2.09 bits per heavy atom. The van der Waals surface area contributed by atoms with Crippen LogP contribution in [0.1, 0.15) is 40.0 Å². The zero-order valence-electron chi connectivity index (χ0n) is 8.14. The Labute approximate surface area is 70.8 Å². The minimum atomic E-state index is 0.903. The Kier molecular flexibility index (Phi) is 3.38. The largest absolute Gasteiger partial charge is 0.300 e. The molecule has 0 N–H and O–H groups in total. The van der Waals surface area contributed by atoms with E-state index in [1.807, 2.05) is 0 Å². The summed E-state index contributed by atoms with van der Waals surface area (Å²) in [6.07, 6.45) is 4.17. The lowest BCUT2D eigenvalue weighted by molar-refractivity contribution is 0.252. The Bertz CT molecular complexity index is 111. The van der Waals surface area contributed by atoms with Crippen molar-refractivity contribution in [2.75, 3.05) is 13.1 Å². The van der Waals surface area contributed by atoms with Gasteiger partial charge in [-0.1, -0.05) is 27.2 Å². The van der Waals surface area contributed by atoms with Gasteiger partial charge in [0.15, 0.2) is 0 Å². The number of nitrogens with zero attached hydrogens (tertiary/aromatic N) is 1. The van der Waals surface area contributed by atoms with Crippen molar-refractivity contribution in [1.29, 1.82) is 0 Å². The molecule has 0 aromatic heterocycles. The molecule has 2 atom stereocenters. The van der Waals surface area contributed by atoms with Crippen molar-refractivity contribution in [2.45, 2.75) is 46.1 Å². The topological polar surface area (TPSA) is 3.24 Å². The first-order valence-corrected chi connectivity index (χ1v) is 5.02. The standard InChI is InChI=1S/C10H21N/c1-4-6-10-7-9(3)8-11(10)5-2/h9-10H,4-8H2,1-3H3. The van der Waals surface area contributed by atoms with Gasteiger partial charge in [0.25, 0.3) is 0 Å². The summed E-state index contributed by atoms with van der Waals surface area (Å²) in [5.74, 6) is 0.937. The monoisotopic (exact) mass is 155 g/mol. The van der Waals surface area contributed by atoms with Crippen molar-refractivity contribution >= 4 is 0 Å². The molecule has 1 heterocycles. The van der Waals surface area contributed by atoms with Crippen LogP contribution in [0.25, 0.3) is 0 Å². The molecule has 0 saturated carbocycles. The molecule has 0 radical (unpaired) electrons. The van der Waals surface area contributed by atoms with Gasteiger partial charge in [-0.15, -0.1) is 0 Å². The maximum Gasteiger partial charge on any atom is 0.00981 e. The molecule has 1 fully saturated rings. The summed E-state index contributed by atoms with van der Waals surface area (Å²) in [6, 6.07) is 0.903. The third kappa shape index (κ3) is 2.19. The van der Waals surface area contributed by atoms with Crippen molar-refractivity contribution in [3.8, 4) is 0 Å². The molecule has 66 valence electrons. The molecule has 11 heavy (non-hydrogen) atoms. The van der Waals surface area contributed by atoms with Crippen LogP contribution in [0.2, 0.25) is 0 Å². The summed E-state index contributed by atoms with van der Waals surface area (Å²) in [4.78, 5) is 2.63. The van der Waals surface area contributed by atoms with E-state index >= 15 is 0 Å². The van der Waals surface area contributed by atoms with Gasteiger partial charge in [-0.25, -0.2) is 0 Å². The molecule has 0 aliphatic carbocycles. The number of likely N-dealkylation sites (tertiary alicyclic amines) is 1. The minimum Gasteiger partial charge on any atom is -0.300 e. The summed E-state index contributed by atoms with van der Waals surface area (Å²) in [5, 5.41) is 0. The lowest BCUT2D eigenvalue weighted by Gasteiger charge is -2.21. The second-order valence-corrected chi connectivity index (χ2v) is 3.87. The van der Waals surface area contributed by atoms with Crippen LogP contribution < -0.4 is 0 Å². The Morgan fingerprint density at radius 1 is 1.36 bits per heavy atom. The molecular weight excluding hydrogens is 134 g/mol. The smallest absolute Gasteiger partial charge is 0.00981 e. The molecule has 0 bridgehead atoms. The van der Waals surface area contributed by atoms with E-state index in [4.69, 9.17) is 0 Å². The molecule has 0 amide bonds. The second kappa shape index (κ2) is 4.10. The minimum absolute atomic E-state index is 0.903. The summed E-state index contributed by atoms with van der Waals surface area (Å²) >= 11 is 0. The molecule has 1 aliphatic heterocycles. The third-order valence-corrected chi connectivity index (χ3v) is 2.77. The van der Waals surface area contributed by atoms with Gasteiger partial charge in [0.05, 0.1) is 0 Å². The predicted molar refractivity (Wildman–Crippen MR) is 49.7 cm³/mol. The van der Waals surface area contributed by atoms with Crippen LogP contribution in [0, 0.1) is 5.92 Å². The highest BCUT2D eigenvalue weighted by molar-refractivity contribution is 4.81. The van der Waals surface area contributed by atoms with Crippen LogP contribution in [-0.2, 0) is 0 Å². The van der Waals surface area contributed by atoms with Crippen LogP contribution in [0.5, 0.6) is 0 Å². The number of hydrogen-bond donors (Lipinski definition) is 0. The first-order chi connectivity index (χ1) is 5.27. The third-order valence-electron chi connectivity index (χ3n) is 2.77. The van der Waals surface area contributed by atoms with E-state index in [1.54, 1.807) is 0 Å². The van der Waals surface area contributed by atoms with Crippen molar-refractivity contribution in [1.82, 2.24) is 4.90 Å². The molecular formula is C10H21N. The van der Waals surface area contributed by atoms with Crippen LogP contribution in [0.4, 0.5) is 0 Å². The zero-order valence-corrected chi connectivity index (χ0v) is 8.14. The molecule has 2 unspecified atom stereocenters. The van der Waals surface area contributed by atoms with Gasteiger partial charge in [0.1, 0.15) is 0 Å². The quantitative estimate of drug-likeness (QED) is 0.605. The van der Waals surface area contributed by atoms with Crippen molar-refractivity contribution in [3.63, 3.8) is 0 Å². The van der Waals surface area contributed by atoms with E-state index in [9.17, 15) is 0 Å². The van der Waals surface area contributed by atoms with E-state index in [1.165, 1.54) is 32.4 Å². The summed E-state index contributed by atoms with van der Waals surface area (Å²) in [7, 11) is 0. The summed E-state index contributed by atoms with van der Waals surface area (Å²) in [6.45, 7) is 9.52. The molecule has 1 aliphatic rings. The van der Waals surface area contributed by atoms with E-state index in [2.05, 4.69) is 25.7 Å². The lowest BCUT2D eigenvalue weighted by Crippen LogP contribution is -2.28. The lowest BCUT2D eigenvalue weighted by atomic mass is 10.0. The fraction of sp³-hybridized carbons (Fsp3) is 1.00. The molecule has 0 aromatic rings. The van der Waals surface area contributed by atoms with Crippen LogP contribution >= 0.6 is 0 Å². The highest BCUT2D eigenvalue weighted by Crippen LogP contribution is 2.25. The van der Waals surface area contributed by atoms with Gasteiger partial charge in [0, 0.05) is 12.6 Å². The molecule has 1 rings (SSSR count). The molecule has 0 spiro atoms. The van der Waals surface area contributed by atoms with Gasteiger partial charge in [-0.05, 0) is 25.3 Å². The van der Waals surface area contributed by atoms with E-state index in [-0.39, 0.29) is 0 Å². The van der Waals surface area contributed by atoms with E-state index in [0.29, 0.717) is 0 Å².